The Hall–Kier alpha value is -4.13. The van der Waals surface area contributed by atoms with E-state index in [1.165, 1.54) is 36.3 Å². The molecule has 1 atom stereocenters. The zero-order valence-corrected chi connectivity index (χ0v) is 24.5. The monoisotopic (exact) mass is 590 g/mol. The highest BCUT2D eigenvalue weighted by Gasteiger charge is 2.28. The highest BCUT2D eigenvalue weighted by Crippen LogP contribution is 2.28. The first-order valence-corrected chi connectivity index (χ1v) is 13.8. The predicted molar refractivity (Wildman–Crippen MR) is 155 cm³/mol. The summed E-state index contributed by atoms with van der Waals surface area (Å²) in [6.07, 6.45) is 4.55. The number of allylic oxidation sites excluding steroid dienone is 3. The number of fused-ring (bicyclic) bond motifs is 1. The summed E-state index contributed by atoms with van der Waals surface area (Å²) >= 11 is 0. The molecule has 1 amide bonds. The molecule has 42 heavy (non-hydrogen) atoms. The van der Waals surface area contributed by atoms with Crippen molar-refractivity contribution in [2.45, 2.75) is 53.3 Å². The van der Waals surface area contributed by atoms with Crippen molar-refractivity contribution in [3.05, 3.63) is 64.7 Å². The Morgan fingerprint density at radius 3 is 2.45 bits per heavy atom. The Morgan fingerprint density at radius 2 is 1.90 bits per heavy atom. The second-order valence-corrected chi connectivity index (χ2v) is 9.43. The molecule has 1 N–H and O–H groups in total. The number of carbonyl (C=O) groups excluding carboxylic acids is 1. The van der Waals surface area contributed by atoms with E-state index in [0.717, 1.165) is 6.07 Å². The molecule has 1 fully saturated rings. The number of aliphatic hydroxyl groups is 1. The van der Waals surface area contributed by atoms with Crippen molar-refractivity contribution in [2.24, 2.45) is 7.05 Å². The molecule has 3 heterocycles. The van der Waals surface area contributed by atoms with E-state index in [1.807, 2.05) is 25.7 Å². The maximum Gasteiger partial charge on any atom is 0.387 e. The number of hydrogen-bond donors (Lipinski definition) is 1. The Bertz CT molecular complexity index is 1500. The van der Waals surface area contributed by atoms with Crippen LogP contribution >= 0.6 is 0 Å². The van der Waals surface area contributed by atoms with Gasteiger partial charge in [0, 0.05) is 68.2 Å². The molecule has 10 nitrogen and oxygen atoms in total. The summed E-state index contributed by atoms with van der Waals surface area (Å²) in [6.45, 7) is 9.02. The van der Waals surface area contributed by atoms with Gasteiger partial charge < -0.3 is 19.6 Å². The molecule has 0 bridgehead atoms. The van der Waals surface area contributed by atoms with Crippen LogP contribution in [0.25, 0.3) is 22.0 Å². The van der Waals surface area contributed by atoms with E-state index < -0.39 is 24.6 Å². The van der Waals surface area contributed by atoms with Gasteiger partial charge in [0.15, 0.2) is 0 Å². The maximum absolute atomic E-state index is 15.2. The van der Waals surface area contributed by atoms with Gasteiger partial charge >= 0.3 is 6.61 Å². The van der Waals surface area contributed by atoms with Crippen molar-refractivity contribution in [3.8, 4) is 11.1 Å². The van der Waals surface area contributed by atoms with Crippen LogP contribution in [0.1, 0.15) is 34.1 Å². The first-order valence-electron chi connectivity index (χ1n) is 13.8. The van der Waals surface area contributed by atoms with Gasteiger partial charge in [0.2, 0.25) is 11.9 Å². The summed E-state index contributed by atoms with van der Waals surface area (Å²) in [7, 11) is 1.51. The van der Waals surface area contributed by atoms with E-state index in [9.17, 15) is 18.4 Å². The zero-order chi connectivity index (χ0) is 31.1. The van der Waals surface area contributed by atoms with Crippen molar-refractivity contribution in [1.82, 2.24) is 24.2 Å². The normalized spacial score (nSPS) is 15.8. The lowest BCUT2D eigenvalue weighted by atomic mass is 10.1. The van der Waals surface area contributed by atoms with Crippen molar-refractivity contribution in [3.63, 3.8) is 0 Å². The van der Waals surface area contributed by atoms with Crippen LogP contribution in [0.2, 0.25) is 0 Å². The minimum absolute atomic E-state index is 0.00219. The number of rotatable bonds is 9. The lowest BCUT2D eigenvalue weighted by Gasteiger charge is -2.39. The largest absolute Gasteiger partial charge is 0.439 e. The summed E-state index contributed by atoms with van der Waals surface area (Å²) in [5, 5.41) is 9.25. The highest BCUT2D eigenvalue weighted by atomic mass is 19.3. The fourth-order valence-corrected chi connectivity index (χ4v) is 4.92. The zero-order valence-electron chi connectivity index (χ0n) is 24.5. The smallest absolute Gasteiger partial charge is 0.387 e. The quantitative estimate of drug-likeness (QED) is 0.296. The van der Waals surface area contributed by atoms with Crippen LogP contribution in [0.4, 0.5) is 19.1 Å². The van der Waals surface area contributed by atoms with Gasteiger partial charge in [-0.1, -0.05) is 33.4 Å². The highest BCUT2D eigenvalue weighted by molar-refractivity contribution is 5.85. The average Bonchev–Trinajstić information content (AvgIpc) is 3.22. The molecule has 1 saturated heterocycles. The number of aliphatic hydroxyl groups excluding tert-OH is 1. The van der Waals surface area contributed by atoms with Crippen LogP contribution in [0.3, 0.4) is 0 Å². The van der Waals surface area contributed by atoms with Crippen molar-refractivity contribution in [2.75, 3.05) is 31.1 Å². The first kappa shape index (κ1) is 32.4. The van der Waals surface area contributed by atoms with Crippen LogP contribution in [-0.4, -0.2) is 74.1 Å². The summed E-state index contributed by atoms with van der Waals surface area (Å²) in [5.74, 6) is -0.520. The molecule has 0 spiro atoms. The van der Waals surface area contributed by atoms with Gasteiger partial charge in [-0.3, -0.25) is 19.0 Å². The third-order valence-corrected chi connectivity index (χ3v) is 7.05. The maximum atomic E-state index is 15.2. The lowest BCUT2D eigenvalue weighted by molar-refractivity contribution is -0.134. The average molecular weight is 591 g/mol. The van der Waals surface area contributed by atoms with E-state index >= 15 is 4.39 Å². The molecule has 1 aromatic carbocycles. The molecule has 4 rings (SSSR count). The van der Waals surface area contributed by atoms with Gasteiger partial charge in [-0.2, -0.15) is 8.78 Å². The Morgan fingerprint density at radius 1 is 1.24 bits per heavy atom. The van der Waals surface area contributed by atoms with Crippen LogP contribution < -0.4 is 10.5 Å². The third kappa shape index (κ3) is 6.67. The van der Waals surface area contributed by atoms with E-state index in [4.69, 9.17) is 5.11 Å². The van der Waals surface area contributed by atoms with Gasteiger partial charge in [-0.25, -0.2) is 14.4 Å². The molecule has 0 radical (unpaired) electrons. The fraction of sp³-hybridized carbons (Fsp3) is 0.448. The Labute approximate surface area is 242 Å². The Balaban J connectivity index is 0.00000237. The molecule has 1 aliphatic rings. The number of alkyl halides is 2. The summed E-state index contributed by atoms with van der Waals surface area (Å²) < 4.78 is 48.6. The number of anilines is 1. The summed E-state index contributed by atoms with van der Waals surface area (Å²) in [4.78, 5) is 37.1. The number of aromatic nitrogens is 4. The first-order chi connectivity index (χ1) is 20.1. The number of piperazine rings is 1. The Kier molecular flexibility index (Phi) is 10.9. The van der Waals surface area contributed by atoms with Gasteiger partial charge in [-0.15, -0.1) is 0 Å². The third-order valence-electron chi connectivity index (χ3n) is 7.05. The van der Waals surface area contributed by atoms with Gasteiger partial charge in [0.05, 0.1) is 17.4 Å². The molecular weight excluding hydrogens is 553 g/mol. The molecule has 13 heteroatoms. The van der Waals surface area contributed by atoms with E-state index in [0.29, 0.717) is 42.2 Å². The SMILES string of the molecule is C=C/C(Cn1c2cc(-c3cnc(N4CCN(C(=O)CO)CC4C)nc3)c(F)cc2c(=O)n1C)=C(\CC)OC(F)F.CC. The van der Waals surface area contributed by atoms with Crippen LogP contribution in [0.5, 0.6) is 0 Å². The number of halogens is 3. The molecular formula is C29H37F3N6O4. The second-order valence-electron chi connectivity index (χ2n) is 9.43. The minimum Gasteiger partial charge on any atom is -0.439 e. The number of hydrogen-bond acceptors (Lipinski definition) is 7. The number of carbonyl (C=O) groups is 1. The fourth-order valence-electron chi connectivity index (χ4n) is 4.92. The van der Waals surface area contributed by atoms with Crippen molar-refractivity contribution in [1.29, 1.82) is 0 Å². The topological polar surface area (TPSA) is 106 Å². The van der Waals surface area contributed by atoms with Gasteiger partial charge in [0.1, 0.15) is 18.2 Å². The lowest BCUT2D eigenvalue weighted by Crippen LogP contribution is -2.54. The summed E-state index contributed by atoms with van der Waals surface area (Å²) in [5.41, 5.74) is 0.842. The molecule has 1 aliphatic heterocycles. The van der Waals surface area contributed by atoms with E-state index in [2.05, 4.69) is 21.3 Å². The van der Waals surface area contributed by atoms with E-state index in [-0.39, 0.29) is 41.6 Å². The van der Waals surface area contributed by atoms with Crippen molar-refractivity contribution < 1.29 is 27.8 Å². The van der Waals surface area contributed by atoms with Crippen LogP contribution in [0.15, 0.2) is 53.3 Å². The van der Waals surface area contributed by atoms with Crippen LogP contribution in [0, 0.1) is 5.82 Å². The predicted octanol–water partition coefficient (Wildman–Crippen LogP) is 4.08. The van der Waals surface area contributed by atoms with E-state index in [1.54, 1.807) is 16.5 Å². The van der Waals surface area contributed by atoms with Gasteiger partial charge in [-0.05, 0) is 19.1 Å². The number of amides is 1. The second kappa shape index (κ2) is 14.2. The van der Waals surface area contributed by atoms with Gasteiger partial charge in [0.25, 0.3) is 5.56 Å². The molecule has 2 aromatic heterocycles. The molecule has 1 unspecified atom stereocenters. The molecule has 3 aromatic rings. The molecule has 228 valence electrons. The number of nitrogens with zero attached hydrogens (tertiary/aromatic N) is 6. The molecule has 0 saturated carbocycles. The standard InChI is InChI=1S/C27H31F3N6O4.C2H6/c1-5-17(23(6-2)40-26(29)30)14-36-22-10-19(21(28)9-20(22)25(39)33(36)4)18-11-31-27(32-12-18)35-8-7-34(13-16(35)3)24(38)15-37;1-2/h5,9-12,16,26,37H,1,6-8,13-15H2,2-4H3;1-2H3/b23-17-;. The number of benzene rings is 1. The molecule has 0 aliphatic carbocycles. The van der Waals surface area contributed by atoms with Crippen molar-refractivity contribution >= 4 is 22.8 Å². The minimum atomic E-state index is -3.01. The van der Waals surface area contributed by atoms with Crippen LogP contribution in [-0.2, 0) is 23.1 Å². The summed E-state index contributed by atoms with van der Waals surface area (Å²) in [6, 6.07) is 2.55. The number of ether oxygens (including phenoxy) is 1.